The fourth-order valence-electron chi connectivity index (χ4n) is 1.86. The number of benzene rings is 1. The summed E-state index contributed by atoms with van der Waals surface area (Å²) in [6.07, 6.45) is 5.42. The Morgan fingerprint density at radius 2 is 1.92 bits per heavy atom. The number of amides is 1. The number of hydrogen-bond acceptors (Lipinski definition) is 4. The van der Waals surface area contributed by atoms with Gasteiger partial charge in [-0.1, -0.05) is 54.4 Å². The molecule has 0 bridgehead atoms. The minimum atomic E-state index is -0.399. The topological polar surface area (TPSA) is 64.6 Å². The van der Waals surface area contributed by atoms with Gasteiger partial charge in [-0.05, 0) is 18.6 Å². The molecule has 7 heteroatoms. The molecule has 0 saturated heterocycles. The van der Waals surface area contributed by atoms with E-state index in [9.17, 15) is 9.59 Å². The van der Waals surface area contributed by atoms with Gasteiger partial charge in [0.25, 0.3) is 0 Å². The smallest absolute Gasteiger partial charge is 0.310 e. The molecule has 5 nitrogen and oxygen atoms in total. The molecule has 1 N–H and O–H groups in total. The van der Waals surface area contributed by atoms with Crippen LogP contribution in [0.2, 0.25) is 0 Å². The third-order valence-corrected chi connectivity index (χ3v) is 3.62. The molecule has 0 aliphatic carbocycles. The first-order valence-electron chi connectivity index (χ1n) is 7.90. The number of carbonyl (C=O) groups excluding carboxylic acids is 2. The molecule has 26 heavy (non-hydrogen) atoms. The van der Waals surface area contributed by atoms with E-state index in [-0.39, 0.29) is 23.1 Å². The number of allylic oxidation sites excluding steroid dienone is 4. The maximum Gasteiger partial charge on any atom is 0.310 e. The molecule has 1 aromatic carbocycles. The van der Waals surface area contributed by atoms with Crippen molar-refractivity contribution < 1.29 is 19.1 Å². The number of rotatable bonds is 8. The molecule has 1 amide bonds. The average molecular weight is 398 g/mol. The van der Waals surface area contributed by atoms with Crippen LogP contribution in [0.15, 0.2) is 58.4 Å². The second-order valence-corrected chi connectivity index (χ2v) is 6.00. The summed E-state index contributed by atoms with van der Waals surface area (Å²) in [6, 6.07) is 6.96. The number of para-hydroxylation sites is 1. The lowest BCUT2D eigenvalue weighted by molar-refractivity contribution is -0.139. The van der Waals surface area contributed by atoms with Crippen LogP contribution in [-0.4, -0.2) is 19.0 Å². The van der Waals surface area contributed by atoms with Crippen LogP contribution in [0, 0.1) is 0 Å². The Morgan fingerprint density at radius 3 is 2.54 bits per heavy atom. The SMILES string of the molecule is CC\C=C(Cl)/C=C(Cl)\C(=C\NC(C)=O)Oc1ccccc1CC(=O)OC. The molecule has 0 saturated carbocycles. The number of methoxy groups -OCH3 is 1. The van der Waals surface area contributed by atoms with Gasteiger partial charge < -0.3 is 14.8 Å². The molecule has 0 fully saturated rings. The first-order valence-corrected chi connectivity index (χ1v) is 8.66. The zero-order chi connectivity index (χ0) is 19.5. The van der Waals surface area contributed by atoms with E-state index < -0.39 is 5.97 Å². The van der Waals surface area contributed by atoms with Gasteiger partial charge in [-0.25, -0.2) is 0 Å². The number of halogens is 2. The lowest BCUT2D eigenvalue weighted by atomic mass is 10.1. The summed E-state index contributed by atoms with van der Waals surface area (Å²) >= 11 is 12.4. The minimum Gasteiger partial charge on any atom is -0.469 e. The lowest BCUT2D eigenvalue weighted by Crippen LogP contribution is -2.15. The van der Waals surface area contributed by atoms with E-state index in [1.165, 1.54) is 26.3 Å². The highest BCUT2D eigenvalue weighted by molar-refractivity contribution is 6.35. The van der Waals surface area contributed by atoms with Crippen molar-refractivity contribution in [1.82, 2.24) is 5.32 Å². The monoisotopic (exact) mass is 397 g/mol. The predicted octanol–water partition coefficient (Wildman–Crippen LogP) is 4.41. The van der Waals surface area contributed by atoms with Crippen LogP contribution < -0.4 is 10.1 Å². The van der Waals surface area contributed by atoms with Crippen molar-refractivity contribution in [3.05, 3.63) is 64.0 Å². The van der Waals surface area contributed by atoms with Crippen molar-refractivity contribution in [2.75, 3.05) is 7.11 Å². The molecular weight excluding hydrogens is 377 g/mol. The summed E-state index contributed by atoms with van der Waals surface area (Å²) in [5.74, 6) is -0.0869. The van der Waals surface area contributed by atoms with Crippen LogP contribution in [0.5, 0.6) is 5.75 Å². The van der Waals surface area contributed by atoms with Crippen LogP contribution in [0.1, 0.15) is 25.8 Å². The summed E-state index contributed by atoms with van der Waals surface area (Å²) in [6.45, 7) is 3.30. The molecule has 0 radical (unpaired) electrons. The van der Waals surface area contributed by atoms with E-state index >= 15 is 0 Å². The zero-order valence-electron chi connectivity index (χ0n) is 14.8. The Hall–Kier alpha value is -2.24. The van der Waals surface area contributed by atoms with Gasteiger partial charge in [0.2, 0.25) is 5.91 Å². The second-order valence-electron chi connectivity index (χ2n) is 5.16. The number of esters is 1. The number of carbonyl (C=O) groups is 2. The number of ether oxygens (including phenoxy) is 2. The second kappa shape index (κ2) is 11.4. The van der Waals surface area contributed by atoms with Crippen molar-refractivity contribution in [2.45, 2.75) is 26.7 Å². The summed E-state index contributed by atoms with van der Waals surface area (Å²) in [7, 11) is 1.32. The summed E-state index contributed by atoms with van der Waals surface area (Å²) in [5.41, 5.74) is 0.618. The summed E-state index contributed by atoms with van der Waals surface area (Å²) in [4.78, 5) is 22.8. The molecule has 0 aliphatic heterocycles. The largest absolute Gasteiger partial charge is 0.469 e. The first kappa shape index (κ1) is 21.8. The molecule has 1 aromatic rings. The van der Waals surface area contributed by atoms with Crippen LogP contribution in [0.3, 0.4) is 0 Å². The molecule has 0 aromatic heterocycles. The van der Waals surface area contributed by atoms with Gasteiger partial charge in [-0.3, -0.25) is 9.59 Å². The highest BCUT2D eigenvalue weighted by Gasteiger charge is 2.13. The highest BCUT2D eigenvalue weighted by atomic mass is 35.5. The Labute approximate surface area is 163 Å². The van der Waals surface area contributed by atoms with Crippen LogP contribution in [0.4, 0.5) is 0 Å². The molecule has 1 rings (SSSR count). The Morgan fingerprint density at radius 1 is 1.23 bits per heavy atom. The highest BCUT2D eigenvalue weighted by Crippen LogP contribution is 2.26. The van der Waals surface area contributed by atoms with Crippen LogP contribution >= 0.6 is 23.2 Å². The zero-order valence-corrected chi connectivity index (χ0v) is 16.4. The third-order valence-electron chi connectivity index (χ3n) is 3.06. The summed E-state index contributed by atoms with van der Waals surface area (Å²) < 4.78 is 10.5. The van der Waals surface area contributed by atoms with E-state index in [1.807, 2.05) is 6.92 Å². The van der Waals surface area contributed by atoms with Gasteiger partial charge in [0, 0.05) is 23.7 Å². The van der Waals surface area contributed by atoms with E-state index in [0.29, 0.717) is 16.3 Å². The van der Waals surface area contributed by atoms with Gasteiger partial charge in [0.05, 0.1) is 18.6 Å². The predicted molar refractivity (Wildman–Crippen MR) is 103 cm³/mol. The van der Waals surface area contributed by atoms with Crippen molar-refractivity contribution in [3.63, 3.8) is 0 Å². The van der Waals surface area contributed by atoms with Crippen molar-refractivity contribution in [1.29, 1.82) is 0 Å². The molecule has 0 aliphatic rings. The minimum absolute atomic E-state index is 0.0396. The maximum atomic E-state index is 11.6. The first-order chi connectivity index (χ1) is 12.4. The number of hydrogen-bond donors (Lipinski definition) is 1. The van der Waals surface area contributed by atoms with Crippen molar-refractivity contribution in [3.8, 4) is 5.75 Å². The van der Waals surface area contributed by atoms with E-state index in [4.69, 9.17) is 32.7 Å². The fourth-order valence-corrected chi connectivity index (χ4v) is 2.39. The Bertz CT molecular complexity index is 739. The van der Waals surface area contributed by atoms with Gasteiger partial charge in [-0.2, -0.15) is 0 Å². The maximum absolute atomic E-state index is 11.6. The van der Waals surface area contributed by atoms with E-state index in [1.54, 1.807) is 30.3 Å². The third kappa shape index (κ3) is 7.76. The van der Waals surface area contributed by atoms with Gasteiger partial charge >= 0.3 is 5.97 Å². The van der Waals surface area contributed by atoms with Crippen LogP contribution in [-0.2, 0) is 20.7 Å². The number of nitrogens with one attached hydrogen (secondary N) is 1. The Kier molecular flexibility index (Phi) is 9.55. The summed E-state index contributed by atoms with van der Waals surface area (Å²) in [5, 5.41) is 3.16. The van der Waals surface area contributed by atoms with Gasteiger partial charge in [-0.15, -0.1) is 0 Å². The average Bonchev–Trinajstić information content (AvgIpc) is 2.59. The van der Waals surface area contributed by atoms with Crippen LogP contribution in [0.25, 0.3) is 0 Å². The Balaban J connectivity index is 3.18. The lowest BCUT2D eigenvalue weighted by Gasteiger charge is -2.13. The fraction of sp³-hybridized carbons (Fsp3) is 0.263. The normalized spacial score (nSPS) is 12.6. The molecular formula is C19H21Cl2NO4. The molecule has 0 spiro atoms. The van der Waals surface area contributed by atoms with Gasteiger partial charge in [0.1, 0.15) is 5.75 Å². The van der Waals surface area contributed by atoms with Gasteiger partial charge in [0.15, 0.2) is 5.76 Å². The van der Waals surface area contributed by atoms with E-state index in [2.05, 4.69) is 5.32 Å². The van der Waals surface area contributed by atoms with E-state index in [0.717, 1.165) is 6.42 Å². The molecule has 140 valence electrons. The van der Waals surface area contributed by atoms with Crippen molar-refractivity contribution in [2.24, 2.45) is 0 Å². The molecule has 0 atom stereocenters. The standard InChI is InChI=1S/C19H21Cl2NO4/c1-4-7-15(20)11-16(21)18(12-22-13(2)23)26-17-9-6-5-8-14(17)10-19(24)25-3/h5-9,11-12H,4,10H2,1-3H3,(H,22,23)/b15-7+,16-11+,18-12-. The van der Waals surface area contributed by atoms with Crippen molar-refractivity contribution >= 4 is 35.1 Å². The molecule has 0 heterocycles. The quantitative estimate of drug-likeness (QED) is 0.400. The molecule has 0 unspecified atom stereocenters.